The van der Waals surface area contributed by atoms with Crippen LogP contribution in [-0.4, -0.2) is 13.7 Å². The third-order valence-electron chi connectivity index (χ3n) is 11.2. The van der Waals surface area contributed by atoms with Crippen LogP contribution in [-0.2, 0) is 6.54 Å². The Hall–Kier alpha value is -6.84. The second kappa shape index (κ2) is 11.6. The highest BCUT2D eigenvalue weighted by molar-refractivity contribution is 6.14. The molecule has 11 aromatic rings. The number of aromatic nitrogens is 3. The Bertz CT molecular complexity index is 2980. The maximum atomic E-state index is 2.45. The number of rotatable bonds is 5. The van der Waals surface area contributed by atoms with Gasteiger partial charge in [0.05, 0.1) is 22.1 Å². The number of aryl methyl sites for hydroxylation is 1. The van der Waals surface area contributed by atoms with Gasteiger partial charge >= 0.3 is 0 Å². The molecule has 0 radical (unpaired) electrons. The molecule has 0 unspecified atom stereocenters. The van der Waals surface area contributed by atoms with Crippen LogP contribution in [0.5, 0.6) is 0 Å². The van der Waals surface area contributed by atoms with E-state index in [0.29, 0.717) is 0 Å². The molecule has 0 aliphatic carbocycles. The van der Waals surface area contributed by atoms with Crippen LogP contribution in [0.2, 0.25) is 0 Å². The highest BCUT2D eigenvalue weighted by atomic mass is 15.0. The molecule has 3 heterocycles. The number of benzene rings is 8. The van der Waals surface area contributed by atoms with E-state index >= 15 is 0 Å². The Kier molecular flexibility index (Phi) is 6.53. The minimum absolute atomic E-state index is 0.911. The molecule has 0 aliphatic heterocycles. The summed E-state index contributed by atoms with van der Waals surface area (Å²) in [5.74, 6) is 0. The van der Waals surface area contributed by atoms with Gasteiger partial charge in [-0.05, 0) is 114 Å². The zero-order valence-electron chi connectivity index (χ0n) is 29.4. The molecule has 53 heavy (non-hydrogen) atoms. The SMILES string of the molecule is CCn1c2ccc(-c3ccc4c(c3)c3ccccc3n4-c3ccccc3)cc2c2cc(-c3ccc4c(c3)c3ccccc3n4-c3ccccc3)ccc21. The lowest BCUT2D eigenvalue weighted by Gasteiger charge is -2.08. The fourth-order valence-electron chi connectivity index (χ4n) is 8.82. The first-order valence-electron chi connectivity index (χ1n) is 18.5. The predicted molar refractivity (Wildman–Crippen MR) is 225 cm³/mol. The molecular formula is C50H35N3. The average molecular weight is 678 g/mol. The standard InChI is InChI=1S/C50H35N3/c1-2-51-45-25-21-33(35-23-27-49-41(29-35)39-17-9-11-19-47(39)52(49)37-13-5-3-6-14-37)31-43(45)44-32-34(22-26-46(44)51)36-24-28-50-42(30-36)40-18-10-12-20-48(40)53(50)38-15-7-4-8-16-38/h3-32H,2H2,1H3. The molecule has 3 heteroatoms. The number of hydrogen-bond acceptors (Lipinski definition) is 0. The van der Waals surface area contributed by atoms with E-state index < -0.39 is 0 Å². The monoisotopic (exact) mass is 677 g/mol. The lowest BCUT2D eigenvalue weighted by Crippen LogP contribution is -1.93. The molecule has 11 rings (SSSR count). The summed E-state index contributed by atoms with van der Waals surface area (Å²) >= 11 is 0. The van der Waals surface area contributed by atoms with E-state index in [0.717, 1.165) is 6.54 Å². The minimum Gasteiger partial charge on any atom is -0.341 e. The molecule has 0 bridgehead atoms. The van der Waals surface area contributed by atoms with Gasteiger partial charge in [-0.15, -0.1) is 0 Å². The van der Waals surface area contributed by atoms with Crippen LogP contribution < -0.4 is 0 Å². The first-order chi connectivity index (χ1) is 26.2. The highest BCUT2D eigenvalue weighted by Gasteiger charge is 2.17. The van der Waals surface area contributed by atoms with Crippen molar-refractivity contribution < 1.29 is 0 Å². The average Bonchev–Trinajstić information content (AvgIpc) is 3.85. The van der Waals surface area contributed by atoms with Crippen LogP contribution in [0.1, 0.15) is 6.92 Å². The second-order valence-corrected chi connectivity index (χ2v) is 14.0. The van der Waals surface area contributed by atoms with Gasteiger partial charge in [0, 0.05) is 61.3 Å². The fourth-order valence-corrected chi connectivity index (χ4v) is 8.82. The molecule has 250 valence electrons. The van der Waals surface area contributed by atoms with E-state index in [4.69, 9.17) is 0 Å². The van der Waals surface area contributed by atoms with Gasteiger partial charge in [-0.25, -0.2) is 0 Å². The van der Waals surface area contributed by atoms with Gasteiger partial charge in [-0.2, -0.15) is 0 Å². The Balaban J connectivity index is 1.07. The molecule has 0 spiro atoms. The van der Waals surface area contributed by atoms with Crippen LogP contribution in [0, 0.1) is 0 Å². The zero-order chi connectivity index (χ0) is 35.0. The zero-order valence-corrected chi connectivity index (χ0v) is 29.4. The molecule has 0 saturated heterocycles. The summed E-state index contributed by atoms with van der Waals surface area (Å²) in [4.78, 5) is 0. The van der Waals surface area contributed by atoms with Crippen molar-refractivity contribution in [3.05, 3.63) is 182 Å². The molecule has 0 amide bonds. The first kappa shape index (κ1) is 29.8. The molecule has 3 aromatic heterocycles. The summed E-state index contributed by atoms with van der Waals surface area (Å²) in [5.41, 5.74) is 14.7. The molecule has 8 aromatic carbocycles. The summed E-state index contributed by atoms with van der Waals surface area (Å²) in [5, 5.41) is 7.65. The normalized spacial score (nSPS) is 11.9. The van der Waals surface area contributed by atoms with Gasteiger partial charge in [0.1, 0.15) is 0 Å². The second-order valence-electron chi connectivity index (χ2n) is 14.0. The van der Waals surface area contributed by atoms with E-state index in [9.17, 15) is 0 Å². The van der Waals surface area contributed by atoms with E-state index in [-0.39, 0.29) is 0 Å². The minimum atomic E-state index is 0.911. The molecule has 0 aliphatic rings. The summed E-state index contributed by atoms with van der Waals surface area (Å²) in [6, 6.07) is 66.8. The van der Waals surface area contributed by atoms with Crippen molar-refractivity contribution in [3.8, 4) is 33.6 Å². The number of nitrogens with zero attached hydrogens (tertiary/aromatic N) is 3. The Labute approximate surface area is 307 Å². The van der Waals surface area contributed by atoms with Crippen LogP contribution in [0.4, 0.5) is 0 Å². The van der Waals surface area contributed by atoms with E-state index in [1.165, 1.54) is 99.0 Å². The van der Waals surface area contributed by atoms with Crippen LogP contribution in [0.3, 0.4) is 0 Å². The largest absolute Gasteiger partial charge is 0.341 e. The number of para-hydroxylation sites is 4. The number of fused-ring (bicyclic) bond motifs is 9. The van der Waals surface area contributed by atoms with Crippen molar-refractivity contribution in [2.24, 2.45) is 0 Å². The Morgan fingerprint density at radius 3 is 1.02 bits per heavy atom. The lowest BCUT2D eigenvalue weighted by molar-refractivity contribution is 0.827. The predicted octanol–water partition coefficient (Wildman–Crippen LogP) is 13.3. The van der Waals surface area contributed by atoms with Crippen LogP contribution in [0.25, 0.3) is 99.0 Å². The van der Waals surface area contributed by atoms with Gasteiger partial charge < -0.3 is 13.7 Å². The topological polar surface area (TPSA) is 14.8 Å². The van der Waals surface area contributed by atoms with Crippen molar-refractivity contribution >= 4 is 65.4 Å². The van der Waals surface area contributed by atoms with Gasteiger partial charge in [0.15, 0.2) is 0 Å². The maximum absolute atomic E-state index is 2.45. The summed E-state index contributed by atoms with van der Waals surface area (Å²) in [6.07, 6.45) is 0. The quantitative estimate of drug-likeness (QED) is 0.172. The third kappa shape index (κ3) is 4.47. The van der Waals surface area contributed by atoms with Crippen LogP contribution >= 0.6 is 0 Å². The summed E-state index contributed by atoms with van der Waals surface area (Å²) < 4.78 is 7.21. The maximum Gasteiger partial charge on any atom is 0.0541 e. The van der Waals surface area contributed by atoms with Gasteiger partial charge in [-0.1, -0.05) is 97.1 Å². The molecule has 0 fully saturated rings. The van der Waals surface area contributed by atoms with Crippen molar-refractivity contribution in [2.45, 2.75) is 13.5 Å². The van der Waals surface area contributed by atoms with Crippen LogP contribution in [0.15, 0.2) is 182 Å². The smallest absolute Gasteiger partial charge is 0.0541 e. The van der Waals surface area contributed by atoms with Gasteiger partial charge in [-0.3, -0.25) is 0 Å². The lowest BCUT2D eigenvalue weighted by atomic mass is 9.98. The van der Waals surface area contributed by atoms with Crippen molar-refractivity contribution in [1.29, 1.82) is 0 Å². The molecule has 0 saturated carbocycles. The van der Waals surface area contributed by atoms with Crippen molar-refractivity contribution in [3.63, 3.8) is 0 Å². The summed E-state index contributed by atoms with van der Waals surface area (Å²) in [7, 11) is 0. The number of hydrogen-bond donors (Lipinski definition) is 0. The Morgan fingerprint density at radius 2 is 0.623 bits per heavy atom. The first-order valence-corrected chi connectivity index (χ1v) is 18.5. The van der Waals surface area contributed by atoms with E-state index in [1.54, 1.807) is 0 Å². The van der Waals surface area contributed by atoms with Crippen molar-refractivity contribution in [1.82, 2.24) is 13.7 Å². The van der Waals surface area contributed by atoms with E-state index in [1.807, 2.05) is 0 Å². The molecule has 0 atom stereocenters. The third-order valence-corrected chi connectivity index (χ3v) is 11.2. The van der Waals surface area contributed by atoms with E-state index in [2.05, 4.69) is 203 Å². The molecule has 3 nitrogen and oxygen atoms in total. The summed E-state index contributed by atoms with van der Waals surface area (Å²) in [6.45, 7) is 3.15. The molecular weight excluding hydrogens is 643 g/mol. The fraction of sp³-hybridized carbons (Fsp3) is 0.0400. The van der Waals surface area contributed by atoms with Gasteiger partial charge in [0.25, 0.3) is 0 Å². The van der Waals surface area contributed by atoms with Gasteiger partial charge in [0.2, 0.25) is 0 Å². The highest BCUT2D eigenvalue weighted by Crippen LogP contribution is 2.40. The van der Waals surface area contributed by atoms with Crippen molar-refractivity contribution in [2.75, 3.05) is 0 Å². The molecule has 0 N–H and O–H groups in total. The Morgan fingerprint density at radius 1 is 0.302 bits per heavy atom.